The topological polar surface area (TPSA) is 95.1 Å². The van der Waals surface area contributed by atoms with Crippen LogP contribution >= 0.6 is 0 Å². The van der Waals surface area contributed by atoms with E-state index in [1.807, 2.05) is 6.07 Å². The highest BCUT2D eigenvalue weighted by molar-refractivity contribution is 5.60. The number of anilines is 3. The first kappa shape index (κ1) is 20.3. The quantitative estimate of drug-likeness (QED) is 0.646. The minimum absolute atomic E-state index is 0. The summed E-state index contributed by atoms with van der Waals surface area (Å²) < 4.78 is 33.5. The number of ether oxygens (including phenoxy) is 1. The van der Waals surface area contributed by atoms with E-state index in [-0.39, 0.29) is 18.8 Å². The van der Waals surface area contributed by atoms with E-state index >= 15 is 0 Å². The zero-order valence-electron chi connectivity index (χ0n) is 17.1. The molecule has 2 aliphatic heterocycles. The number of pyridine rings is 1. The van der Waals surface area contributed by atoms with Crippen molar-refractivity contribution in [3.63, 3.8) is 0 Å². The number of hydrogen-bond donors (Lipinski definition) is 1. The third-order valence-electron chi connectivity index (χ3n) is 5.58. The highest BCUT2D eigenvalue weighted by Crippen LogP contribution is 2.24. The van der Waals surface area contributed by atoms with Crippen molar-refractivity contribution in [2.24, 2.45) is 0 Å². The highest BCUT2D eigenvalue weighted by atomic mass is 19.1. The summed E-state index contributed by atoms with van der Waals surface area (Å²) in [6, 6.07) is 9.30. The maximum Gasteiger partial charge on any atom is 0.248 e. The molecular formula is C21H22F2N8O. The number of nitrogens with one attached hydrogen (secondary N) is 1. The standard InChI is InChI=1S/C21H20F2N8O.H2/c22-14-5-15(23)7-18(6-14)31-13-25-21(28-31)27-20-9-17(8-16(10-24)26-20)29-1-3-30(4-2-29)19-11-32-12-19;/h5-9,13,19H,1-4,11-12H2,(H,26,27,28);1H. The lowest BCUT2D eigenvalue weighted by Crippen LogP contribution is -2.56. The van der Waals surface area contributed by atoms with E-state index in [0.29, 0.717) is 11.9 Å². The third kappa shape index (κ3) is 4.23. The molecule has 0 unspecified atom stereocenters. The van der Waals surface area contributed by atoms with Gasteiger partial charge in [-0.1, -0.05) is 0 Å². The number of benzene rings is 1. The minimum Gasteiger partial charge on any atom is -0.378 e. The normalized spacial score (nSPS) is 17.1. The summed E-state index contributed by atoms with van der Waals surface area (Å²) in [4.78, 5) is 13.1. The zero-order chi connectivity index (χ0) is 22.1. The Labute approximate surface area is 184 Å². The molecule has 5 rings (SSSR count). The van der Waals surface area contributed by atoms with Gasteiger partial charge in [0.2, 0.25) is 5.95 Å². The average Bonchev–Trinajstić information content (AvgIpc) is 3.20. The maximum atomic E-state index is 13.5. The first-order valence-electron chi connectivity index (χ1n) is 10.2. The van der Waals surface area contributed by atoms with E-state index in [1.54, 1.807) is 6.07 Å². The van der Waals surface area contributed by atoms with Crippen LogP contribution in [-0.4, -0.2) is 70.1 Å². The Kier molecular flexibility index (Phi) is 5.38. The van der Waals surface area contributed by atoms with E-state index in [2.05, 4.69) is 36.3 Å². The molecule has 2 saturated heterocycles. The lowest BCUT2D eigenvalue weighted by molar-refractivity contribution is -0.0660. The highest BCUT2D eigenvalue weighted by Gasteiger charge is 2.29. The molecule has 0 spiro atoms. The Morgan fingerprint density at radius 2 is 1.78 bits per heavy atom. The van der Waals surface area contributed by atoms with Gasteiger partial charge in [-0.15, -0.1) is 5.10 Å². The van der Waals surface area contributed by atoms with Gasteiger partial charge in [-0.05, 0) is 18.2 Å². The average molecular weight is 440 g/mol. The van der Waals surface area contributed by atoms with Gasteiger partial charge in [0, 0.05) is 45.4 Å². The number of nitrogens with zero attached hydrogens (tertiary/aromatic N) is 7. The van der Waals surface area contributed by atoms with Crippen molar-refractivity contribution in [3.05, 3.63) is 54.0 Å². The number of rotatable bonds is 5. The summed E-state index contributed by atoms with van der Waals surface area (Å²) in [5.41, 5.74) is 1.36. The van der Waals surface area contributed by atoms with Gasteiger partial charge < -0.3 is 15.0 Å². The fourth-order valence-electron chi connectivity index (χ4n) is 3.83. The molecule has 2 aliphatic rings. The van der Waals surface area contributed by atoms with Crippen molar-refractivity contribution >= 4 is 17.5 Å². The molecule has 1 N–H and O–H groups in total. The van der Waals surface area contributed by atoms with Crippen molar-refractivity contribution in [2.75, 3.05) is 49.6 Å². The summed E-state index contributed by atoms with van der Waals surface area (Å²) in [5, 5.41) is 16.6. The third-order valence-corrected chi connectivity index (χ3v) is 5.58. The predicted octanol–water partition coefficient (Wildman–Crippen LogP) is 2.32. The number of aromatic nitrogens is 4. The maximum absolute atomic E-state index is 13.5. The summed E-state index contributed by atoms with van der Waals surface area (Å²) in [6.07, 6.45) is 1.34. The molecule has 0 atom stereocenters. The zero-order valence-corrected chi connectivity index (χ0v) is 17.1. The Balaban J connectivity index is 0.00000259. The second-order valence-electron chi connectivity index (χ2n) is 7.69. The molecule has 3 aromatic rings. The molecule has 9 nitrogen and oxygen atoms in total. The van der Waals surface area contributed by atoms with Crippen LogP contribution in [0.2, 0.25) is 0 Å². The van der Waals surface area contributed by atoms with Crippen LogP contribution < -0.4 is 10.2 Å². The van der Waals surface area contributed by atoms with Crippen LogP contribution in [0.1, 0.15) is 7.12 Å². The summed E-state index contributed by atoms with van der Waals surface area (Å²) in [7, 11) is 0. The number of piperazine rings is 1. The van der Waals surface area contributed by atoms with Gasteiger partial charge in [-0.3, -0.25) is 4.90 Å². The fraction of sp³-hybridized carbons (Fsp3) is 0.333. The molecule has 4 heterocycles. The second-order valence-corrected chi connectivity index (χ2v) is 7.69. The van der Waals surface area contributed by atoms with Gasteiger partial charge >= 0.3 is 0 Å². The van der Waals surface area contributed by atoms with E-state index in [1.165, 1.54) is 11.0 Å². The SMILES string of the molecule is N#Cc1cc(N2CCN(C3COC3)CC2)cc(Nc2ncn(-c3cc(F)cc(F)c3)n2)n1.[HH]. The summed E-state index contributed by atoms with van der Waals surface area (Å²) >= 11 is 0. The molecule has 2 fully saturated rings. The Morgan fingerprint density at radius 3 is 2.44 bits per heavy atom. The molecule has 11 heteroatoms. The minimum atomic E-state index is -0.706. The van der Waals surface area contributed by atoms with Gasteiger partial charge in [-0.25, -0.2) is 18.4 Å². The first-order chi connectivity index (χ1) is 15.6. The Morgan fingerprint density at radius 1 is 1.03 bits per heavy atom. The molecule has 2 aromatic heterocycles. The van der Waals surface area contributed by atoms with E-state index in [9.17, 15) is 14.0 Å². The van der Waals surface area contributed by atoms with Crippen LogP contribution in [0, 0.1) is 23.0 Å². The smallest absolute Gasteiger partial charge is 0.248 e. The molecule has 0 radical (unpaired) electrons. The summed E-state index contributed by atoms with van der Waals surface area (Å²) in [6.45, 7) is 5.12. The van der Waals surface area contributed by atoms with Crippen molar-refractivity contribution in [3.8, 4) is 11.8 Å². The molecule has 0 bridgehead atoms. The first-order valence-corrected chi connectivity index (χ1v) is 10.2. The second kappa shape index (κ2) is 8.49. The van der Waals surface area contributed by atoms with Gasteiger partial charge in [0.25, 0.3) is 0 Å². The lowest BCUT2D eigenvalue weighted by atomic mass is 10.1. The van der Waals surface area contributed by atoms with Gasteiger partial charge in [0.15, 0.2) is 0 Å². The van der Waals surface area contributed by atoms with E-state index in [4.69, 9.17) is 4.74 Å². The van der Waals surface area contributed by atoms with Crippen molar-refractivity contribution in [1.29, 1.82) is 5.26 Å². The van der Waals surface area contributed by atoms with Crippen molar-refractivity contribution in [2.45, 2.75) is 6.04 Å². The fourth-order valence-corrected chi connectivity index (χ4v) is 3.83. The molecular weight excluding hydrogens is 418 g/mol. The molecule has 0 saturated carbocycles. The van der Waals surface area contributed by atoms with E-state index in [0.717, 1.165) is 63.3 Å². The molecule has 32 heavy (non-hydrogen) atoms. The monoisotopic (exact) mass is 440 g/mol. The number of nitriles is 1. The van der Waals surface area contributed by atoms with E-state index < -0.39 is 11.6 Å². The molecule has 166 valence electrons. The van der Waals surface area contributed by atoms with Crippen LogP contribution in [-0.2, 0) is 4.74 Å². The van der Waals surface area contributed by atoms with Crippen LogP contribution in [0.15, 0.2) is 36.7 Å². The predicted molar refractivity (Wildman–Crippen MR) is 114 cm³/mol. The van der Waals surface area contributed by atoms with Crippen LogP contribution in [0.3, 0.4) is 0 Å². The molecule has 0 aliphatic carbocycles. The van der Waals surface area contributed by atoms with Crippen LogP contribution in [0.4, 0.5) is 26.2 Å². The van der Waals surface area contributed by atoms with Gasteiger partial charge in [-0.2, -0.15) is 10.2 Å². The van der Waals surface area contributed by atoms with Crippen LogP contribution in [0.25, 0.3) is 5.69 Å². The van der Waals surface area contributed by atoms with Crippen LogP contribution in [0.5, 0.6) is 0 Å². The van der Waals surface area contributed by atoms with Crippen molar-refractivity contribution in [1.82, 2.24) is 24.6 Å². The lowest BCUT2D eigenvalue weighted by Gasteiger charge is -2.43. The molecule has 0 amide bonds. The largest absolute Gasteiger partial charge is 0.378 e. The number of hydrogen-bond acceptors (Lipinski definition) is 8. The van der Waals surface area contributed by atoms with Crippen molar-refractivity contribution < 1.29 is 14.9 Å². The Bertz CT molecular complexity index is 1150. The Hall–Kier alpha value is -3.62. The van der Waals surface area contributed by atoms with Gasteiger partial charge in [0.05, 0.1) is 24.9 Å². The summed E-state index contributed by atoms with van der Waals surface area (Å²) in [5.74, 6) is -0.805. The molecule has 1 aromatic carbocycles. The number of halogens is 2. The van der Waals surface area contributed by atoms with Gasteiger partial charge in [0.1, 0.15) is 35.5 Å².